The first kappa shape index (κ1) is 28.9. The zero-order valence-corrected chi connectivity index (χ0v) is 24.2. The number of pyridine rings is 2. The molecule has 5 aromatic rings. The van der Waals surface area contributed by atoms with Gasteiger partial charge >= 0.3 is 6.18 Å². The van der Waals surface area contributed by atoms with Crippen LogP contribution in [0.15, 0.2) is 61.2 Å². The largest absolute Gasteiger partial charge is 0.413 e. The van der Waals surface area contributed by atoms with Crippen molar-refractivity contribution < 1.29 is 13.2 Å². The van der Waals surface area contributed by atoms with Crippen molar-refractivity contribution in [1.82, 2.24) is 25.0 Å². The second-order valence-electron chi connectivity index (χ2n) is 12.2. The number of alkyl halides is 3. The maximum absolute atomic E-state index is 14.0. The van der Waals surface area contributed by atoms with Crippen LogP contribution >= 0.6 is 0 Å². The highest BCUT2D eigenvalue weighted by Gasteiger charge is 2.66. The lowest BCUT2D eigenvalue weighted by atomic mass is 9.96. The number of aromatic nitrogens is 5. The summed E-state index contributed by atoms with van der Waals surface area (Å²) in [6.07, 6.45) is 1.53. The van der Waals surface area contributed by atoms with Crippen LogP contribution in [0, 0.1) is 28.1 Å². The van der Waals surface area contributed by atoms with E-state index in [9.17, 15) is 23.7 Å². The number of nitrogens with one attached hydrogen (secondary N) is 2. The Morgan fingerprint density at radius 3 is 2.43 bits per heavy atom. The fourth-order valence-electron chi connectivity index (χ4n) is 5.33. The van der Waals surface area contributed by atoms with Gasteiger partial charge in [-0.3, -0.25) is 9.97 Å². The number of fused-ring (bicyclic) bond motifs is 2. The van der Waals surface area contributed by atoms with Crippen molar-refractivity contribution in [2.45, 2.75) is 51.4 Å². The van der Waals surface area contributed by atoms with Gasteiger partial charge in [0, 0.05) is 47.2 Å². The van der Waals surface area contributed by atoms with Gasteiger partial charge in [0.2, 0.25) is 0 Å². The minimum Gasteiger partial charge on any atom is -0.383 e. The van der Waals surface area contributed by atoms with E-state index < -0.39 is 17.8 Å². The zero-order chi connectivity index (χ0) is 31.3. The second-order valence-corrected chi connectivity index (χ2v) is 12.2. The smallest absolute Gasteiger partial charge is 0.383 e. The topological polar surface area (TPSA) is 128 Å². The summed E-state index contributed by atoms with van der Waals surface area (Å²) >= 11 is 0. The monoisotopic (exact) mass is 595 g/mol. The Bertz CT molecular complexity index is 1970. The molecule has 1 aliphatic carbocycles. The molecule has 222 valence electrons. The molecule has 0 aliphatic heterocycles. The number of hydrogen-bond acceptors (Lipinski definition) is 8. The molecule has 1 atom stereocenters. The van der Waals surface area contributed by atoms with Crippen molar-refractivity contribution >= 4 is 33.1 Å². The minimum absolute atomic E-state index is 0.0675. The normalized spacial score (nSPS) is 15.0. The molecule has 0 amide bonds. The van der Waals surface area contributed by atoms with Gasteiger partial charge in [0.15, 0.2) is 5.54 Å². The van der Waals surface area contributed by atoms with Gasteiger partial charge in [0.05, 0.1) is 34.6 Å². The minimum atomic E-state index is -4.47. The van der Waals surface area contributed by atoms with Gasteiger partial charge in [-0.2, -0.15) is 23.7 Å². The summed E-state index contributed by atoms with van der Waals surface area (Å²) in [5, 5.41) is 37.1. The van der Waals surface area contributed by atoms with Crippen molar-refractivity contribution in [3.05, 3.63) is 83.6 Å². The van der Waals surface area contributed by atoms with Crippen LogP contribution in [0.25, 0.3) is 21.7 Å². The van der Waals surface area contributed by atoms with Crippen LogP contribution in [0.2, 0.25) is 0 Å². The number of halogens is 3. The molecule has 12 heteroatoms. The summed E-state index contributed by atoms with van der Waals surface area (Å²) < 4.78 is 42.8. The Kier molecular flexibility index (Phi) is 6.88. The SMILES string of the molecule is CC(C)(C)CNc1c(C#N)cnc2c(C#N)cc(N[C@H](c3cn(C4(C(F)(F)F)CC4)nn3)c3cncc4ccccc34)cc12. The highest BCUT2D eigenvalue weighted by atomic mass is 19.4. The second kappa shape index (κ2) is 10.5. The molecule has 1 saturated carbocycles. The summed E-state index contributed by atoms with van der Waals surface area (Å²) in [6, 6.07) is 14.5. The molecule has 6 rings (SSSR count). The molecule has 1 aliphatic rings. The molecule has 3 heterocycles. The summed E-state index contributed by atoms with van der Waals surface area (Å²) in [5.74, 6) is 0. The van der Waals surface area contributed by atoms with Crippen LogP contribution in [0.4, 0.5) is 24.5 Å². The first-order chi connectivity index (χ1) is 20.9. The van der Waals surface area contributed by atoms with E-state index >= 15 is 0 Å². The standard InChI is InChI=1S/C32H28F3N9/c1-30(2,3)18-40-28-21(13-37)15-39-27-20(12-36)10-22(11-24(27)28)41-29(25-16-38-14-19-6-4-5-7-23(19)25)26-17-44(43-42-26)31(8-9-31)32(33,34)35/h4-7,10-11,14-17,29,41H,8-9,18H2,1-3H3,(H,39,40)/t29-/m0/s1. The number of hydrogen-bond donors (Lipinski definition) is 2. The number of rotatable bonds is 7. The van der Waals surface area contributed by atoms with Crippen LogP contribution in [0.1, 0.15) is 62.0 Å². The molecule has 9 nitrogen and oxygen atoms in total. The third kappa shape index (κ3) is 5.13. The fourth-order valence-corrected chi connectivity index (χ4v) is 5.33. The number of anilines is 2. The third-order valence-electron chi connectivity index (χ3n) is 7.83. The first-order valence-corrected chi connectivity index (χ1v) is 14.0. The number of benzene rings is 2. The fraction of sp³-hybridized carbons (Fsp3) is 0.312. The molecule has 1 fully saturated rings. The average molecular weight is 596 g/mol. The summed E-state index contributed by atoms with van der Waals surface area (Å²) in [6.45, 7) is 6.73. The number of nitriles is 2. The van der Waals surface area contributed by atoms with Crippen molar-refractivity contribution in [2.75, 3.05) is 17.2 Å². The van der Waals surface area contributed by atoms with E-state index in [1.165, 1.54) is 12.4 Å². The Labute approximate surface area is 251 Å². The van der Waals surface area contributed by atoms with E-state index in [1.807, 2.05) is 24.3 Å². The summed E-state index contributed by atoms with van der Waals surface area (Å²) in [7, 11) is 0. The highest BCUT2D eigenvalue weighted by molar-refractivity contribution is 5.99. The summed E-state index contributed by atoms with van der Waals surface area (Å²) in [4.78, 5) is 8.80. The van der Waals surface area contributed by atoms with Crippen LogP contribution in [-0.2, 0) is 5.54 Å². The van der Waals surface area contributed by atoms with Crippen LogP contribution < -0.4 is 10.6 Å². The first-order valence-electron chi connectivity index (χ1n) is 14.0. The van der Waals surface area contributed by atoms with Gasteiger partial charge in [-0.15, -0.1) is 5.10 Å². The van der Waals surface area contributed by atoms with Gasteiger partial charge in [-0.25, -0.2) is 4.68 Å². The Hall–Kier alpha value is -5.23. The van der Waals surface area contributed by atoms with Crippen molar-refractivity contribution in [3.63, 3.8) is 0 Å². The lowest BCUT2D eigenvalue weighted by Crippen LogP contribution is -2.35. The third-order valence-corrected chi connectivity index (χ3v) is 7.83. The van der Waals surface area contributed by atoms with Crippen LogP contribution in [-0.4, -0.2) is 37.7 Å². The van der Waals surface area contributed by atoms with Gasteiger partial charge in [-0.1, -0.05) is 50.3 Å². The van der Waals surface area contributed by atoms with Gasteiger partial charge in [0.25, 0.3) is 0 Å². The molecular formula is C32H28F3N9. The van der Waals surface area contributed by atoms with E-state index in [4.69, 9.17) is 0 Å². The molecule has 0 unspecified atom stereocenters. The zero-order valence-electron chi connectivity index (χ0n) is 24.2. The van der Waals surface area contributed by atoms with E-state index in [2.05, 4.69) is 63.8 Å². The van der Waals surface area contributed by atoms with Gasteiger partial charge in [-0.05, 0) is 35.8 Å². The maximum Gasteiger partial charge on any atom is 0.413 e. The van der Waals surface area contributed by atoms with Gasteiger partial charge < -0.3 is 10.6 Å². The van der Waals surface area contributed by atoms with Gasteiger partial charge in [0.1, 0.15) is 17.8 Å². The Morgan fingerprint density at radius 1 is 1.00 bits per heavy atom. The summed E-state index contributed by atoms with van der Waals surface area (Å²) in [5.41, 5.74) is 0.782. The molecule has 3 aromatic heterocycles. The molecule has 44 heavy (non-hydrogen) atoms. The number of nitrogens with zero attached hydrogens (tertiary/aromatic N) is 7. The molecule has 2 N–H and O–H groups in total. The average Bonchev–Trinajstić information content (AvgIpc) is 3.68. The predicted octanol–water partition coefficient (Wildman–Crippen LogP) is 6.83. The molecule has 0 bridgehead atoms. The van der Waals surface area contributed by atoms with E-state index in [-0.39, 0.29) is 29.5 Å². The van der Waals surface area contributed by atoms with E-state index in [0.29, 0.717) is 39.9 Å². The van der Waals surface area contributed by atoms with Crippen molar-refractivity contribution in [2.24, 2.45) is 5.41 Å². The predicted molar refractivity (Wildman–Crippen MR) is 160 cm³/mol. The maximum atomic E-state index is 14.0. The molecule has 0 saturated heterocycles. The quantitative estimate of drug-likeness (QED) is 0.210. The Balaban J connectivity index is 1.51. The molecule has 0 radical (unpaired) electrons. The van der Waals surface area contributed by atoms with E-state index in [0.717, 1.165) is 15.5 Å². The van der Waals surface area contributed by atoms with Crippen molar-refractivity contribution in [1.29, 1.82) is 10.5 Å². The van der Waals surface area contributed by atoms with E-state index in [1.54, 1.807) is 24.5 Å². The Morgan fingerprint density at radius 2 is 1.75 bits per heavy atom. The van der Waals surface area contributed by atoms with Crippen molar-refractivity contribution in [3.8, 4) is 12.1 Å². The molecule has 0 spiro atoms. The molecular weight excluding hydrogens is 567 g/mol. The van der Waals surface area contributed by atoms with Crippen LogP contribution in [0.3, 0.4) is 0 Å². The lowest BCUT2D eigenvalue weighted by Gasteiger charge is -2.23. The van der Waals surface area contributed by atoms with Crippen LogP contribution in [0.5, 0.6) is 0 Å². The highest BCUT2D eigenvalue weighted by Crippen LogP contribution is 2.55. The molecule has 2 aromatic carbocycles. The lowest BCUT2D eigenvalue weighted by molar-refractivity contribution is -0.182.